The molecule has 0 spiro atoms. The number of hydrogen-bond donors (Lipinski definition) is 1. The molecule has 2 aromatic carbocycles. The van der Waals surface area contributed by atoms with Gasteiger partial charge in [-0.1, -0.05) is 37.3 Å². The summed E-state index contributed by atoms with van der Waals surface area (Å²) >= 11 is 5.80. The molecule has 4 nitrogen and oxygen atoms in total. The summed E-state index contributed by atoms with van der Waals surface area (Å²) in [4.78, 5) is 2.14. The molecule has 2 aliphatic rings. The lowest BCUT2D eigenvalue weighted by molar-refractivity contribution is -0.00561. The van der Waals surface area contributed by atoms with Crippen LogP contribution < -0.4 is 19.7 Å². The van der Waals surface area contributed by atoms with E-state index in [2.05, 4.69) is 62.2 Å². The third-order valence-electron chi connectivity index (χ3n) is 5.81. The molecule has 0 radical (unpaired) electrons. The first-order valence-electron chi connectivity index (χ1n) is 8.91. The zero-order valence-corrected chi connectivity index (χ0v) is 16.6. The van der Waals surface area contributed by atoms with Crippen molar-refractivity contribution in [2.75, 3.05) is 12.0 Å². The van der Waals surface area contributed by atoms with Crippen LogP contribution in [0, 0.1) is 19.8 Å². The van der Waals surface area contributed by atoms with Gasteiger partial charge in [-0.25, -0.2) is 0 Å². The molecule has 136 valence electrons. The second-order valence-corrected chi connectivity index (χ2v) is 7.71. The van der Waals surface area contributed by atoms with E-state index in [-0.39, 0.29) is 12.0 Å². The minimum absolute atomic E-state index is 0.0897. The molecule has 2 heterocycles. The molecule has 4 rings (SSSR count). The predicted molar refractivity (Wildman–Crippen MR) is 108 cm³/mol. The monoisotopic (exact) mass is 368 g/mol. The van der Waals surface area contributed by atoms with E-state index in [1.807, 2.05) is 12.1 Å². The molecule has 2 aromatic rings. The molecule has 0 aromatic heterocycles. The third-order valence-corrected chi connectivity index (χ3v) is 6.11. The highest BCUT2D eigenvalue weighted by molar-refractivity contribution is 7.80. The minimum atomic E-state index is -0.606. The maximum atomic E-state index is 6.65. The summed E-state index contributed by atoms with van der Waals surface area (Å²) in [7, 11) is 1.68. The van der Waals surface area contributed by atoms with Gasteiger partial charge in [0.15, 0.2) is 22.3 Å². The molecule has 5 heteroatoms. The van der Waals surface area contributed by atoms with Crippen LogP contribution in [0.5, 0.6) is 11.5 Å². The number of rotatable bonds is 2. The lowest BCUT2D eigenvalue weighted by Gasteiger charge is -2.56. The number of thiocarbonyl (C=S) groups is 1. The summed E-state index contributed by atoms with van der Waals surface area (Å²) in [6.07, 6.45) is 0. The Kier molecular flexibility index (Phi) is 3.88. The molecular weight excluding hydrogens is 344 g/mol. The largest absolute Gasteiger partial charge is 0.493 e. The van der Waals surface area contributed by atoms with Crippen LogP contribution in [0.2, 0.25) is 0 Å². The van der Waals surface area contributed by atoms with Gasteiger partial charge >= 0.3 is 0 Å². The van der Waals surface area contributed by atoms with Crippen molar-refractivity contribution in [2.45, 2.75) is 39.5 Å². The Morgan fingerprint density at radius 3 is 2.46 bits per heavy atom. The molecule has 0 amide bonds. The van der Waals surface area contributed by atoms with E-state index in [0.717, 1.165) is 22.7 Å². The van der Waals surface area contributed by atoms with Crippen molar-refractivity contribution in [3.05, 3.63) is 53.1 Å². The number of aryl methyl sites for hydroxylation is 2. The van der Waals surface area contributed by atoms with Gasteiger partial charge in [-0.15, -0.1) is 0 Å². The Bertz CT molecular complexity index is 877. The molecule has 0 aliphatic carbocycles. The van der Waals surface area contributed by atoms with Crippen LogP contribution in [-0.4, -0.2) is 17.9 Å². The summed E-state index contributed by atoms with van der Waals surface area (Å²) in [5, 5.41) is 4.25. The third kappa shape index (κ3) is 2.23. The van der Waals surface area contributed by atoms with E-state index in [9.17, 15) is 0 Å². The average Bonchev–Trinajstić information content (AvgIpc) is 2.60. The maximum Gasteiger partial charge on any atom is 0.191 e. The first-order chi connectivity index (χ1) is 12.4. The summed E-state index contributed by atoms with van der Waals surface area (Å²) in [6.45, 7) is 8.56. The number of methoxy groups -OCH3 is 1. The molecule has 0 unspecified atom stereocenters. The smallest absolute Gasteiger partial charge is 0.191 e. The summed E-state index contributed by atoms with van der Waals surface area (Å²) < 4.78 is 12.2. The number of nitrogens with one attached hydrogen (secondary N) is 1. The Morgan fingerprint density at radius 1 is 1.15 bits per heavy atom. The van der Waals surface area contributed by atoms with Crippen molar-refractivity contribution < 1.29 is 9.47 Å². The molecule has 0 saturated carbocycles. The normalized spacial score (nSPS) is 26.7. The Balaban J connectivity index is 1.92. The van der Waals surface area contributed by atoms with Crippen molar-refractivity contribution in [3.63, 3.8) is 0 Å². The van der Waals surface area contributed by atoms with Crippen molar-refractivity contribution in [1.82, 2.24) is 5.32 Å². The molecule has 3 atom stereocenters. The maximum absolute atomic E-state index is 6.65. The van der Waals surface area contributed by atoms with E-state index in [4.69, 9.17) is 21.7 Å². The number of hydrogen-bond acceptors (Lipinski definition) is 3. The van der Waals surface area contributed by atoms with Gasteiger partial charge in [0.1, 0.15) is 0 Å². The van der Waals surface area contributed by atoms with E-state index >= 15 is 0 Å². The highest BCUT2D eigenvalue weighted by Crippen LogP contribution is 2.52. The van der Waals surface area contributed by atoms with Gasteiger partial charge in [0.2, 0.25) is 0 Å². The first-order valence-corrected chi connectivity index (χ1v) is 9.32. The molecule has 1 N–H and O–H groups in total. The molecule has 26 heavy (non-hydrogen) atoms. The van der Waals surface area contributed by atoms with E-state index in [1.54, 1.807) is 7.11 Å². The zero-order chi connectivity index (χ0) is 18.6. The van der Waals surface area contributed by atoms with Gasteiger partial charge in [-0.05, 0) is 50.2 Å². The van der Waals surface area contributed by atoms with Gasteiger partial charge in [0, 0.05) is 11.5 Å². The number of fused-ring (bicyclic) bond motifs is 4. The Hall–Kier alpha value is -2.27. The SMILES string of the molecule is COc1cccc2c1O[C@@]1(C)[C@@H](C)[C@H]2NC(=S)N1c1c(C)cccc1C. The van der Waals surface area contributed by atoms with Crippen LogP contribution in [0.25, 0.3) is 0 Å². The van der Waals surface area contributed by atoms with Gasteiger partial charge in [0.25, 0.3) is 0 Å². The van der Waals surface area contributed by atoms with Crippen molar-refractivity contribution in [3.8, 4) is 11.5 Å². The number of nitrogens with zero attached hydrogens (tertiary/aromatic N) is 1. The Morgan fingerprint density at radius 2 is 1.81 bits per heavy atom. The van der Waals surface area contributed by atoms with Crippen molar-refractivity contribution in [2.24, 2.45) is 5.92 Å². The standard InChI is InChI=1S/C21H24N2O2S/c1-12-8-6-9-13(2)18(12)23-20(26)22-17-14(3)21(23,4)25-19-15(17)10-7-11-16(19)24-5/h6-11,14,17H,1-5H3,(H,22,26)/t14-,17+,21-/m0/s1. The van der Waals surface area contributed by atoms with Crippen molar-refractivity contribution in [1.29, 1.82) is 0 Å². The zero-order valence-electron chi connectivity index (χ0n) is 15.8. The van der Waals surface area contributed by atoms with E-state index in [0.29, 0.717) is 5.11 Å². The van der Waals surface area contributed by atoms with Crippen LogP contribution in [0.15, 0.2) is 36.4 Å². The Labute approximate surface area is 160 Å². The summed E-state index contributed by atoms with van der Waals surface area (Å²) in [5.74, 6) is 1.74. The van der Waals surface area contributed by atoms with Gasteiger partial charge in [-0.3, -0.25) is 4.90 Å². The number of anilines is 1. The predicted octanol–water partition coefficient (Wildman–Crippen LogP) is 4.49. The molecule has 2 aliphatic heterocycles. The molecule has 2 bridgehead atoms. The highest BCUT2D eigenvalue weighted by Gasteiger charge is 2.54. The first kappa shape index (κ1) is 17.2. The van der Waals surface area contributed by atoms with Crippen LogP contribution >= 0.6 is 12.2 Å². The summed E-state index contributed by atoms with van der Waals surface area (Å²) in [5.41, 5.74) is 3.95. The van der Waals surface area contributed by atoms with E-state index in [1.165, 1.54) is 11.1 Å². The van der Waals surface area contributed by atoms with E-state index < -0.39 is 5.72 Å². The fourth-order valence-corrected chi connectivity index (χ4v) is 4.66. The second-order valence-electron chi connectivity index (χ2n) is 7.33. The van der Waals surface area contributed by atoms with Crippen LogP contribution in [0.4, 0.5) is 5.69 Å². The fraction of sp³-hybridized carbons (Fsp3) is 0.381. The lowest BCUT2D eigenvalue weighted by atomic mass is 9.80. The van der Waals surface area contributed by atoms with Gasteiger partial charge in [-0.2, -0.15) is 0 Å². The number of benzene rings is 2. The number of ether oxygens (including phenoxy) is 2. The van der Waals surface area contributed by atoms with Gasteiger partial charge < -0.3 is 14.8 Å². The fourth-order valence-electron chi connectivity index (χ4n) is 4.26. The van der Waals surface area contributed by atoms with Crippen LogP contribution in [0.3, 0.4) is 0 Å². The van der Waals surface area contributed by atoms with Crippen LogP contribution in [-0.2, 0) is 0 Å². The lowest BCUT2D eigenvalue weighted by Crippen LogP contribution is -2.69. The van der Waals surface area contributed by atoms with Crippen LogP contribution in [0.1, 0.15) is 36.6 Å². The summed E-state index contributed by atoms with van der Waals surface area (Å²) in [6, 6.07) is 12.4. The van der Waals surface area contributed by atoms with Crippen molar-refractivity contribution >= 4 is 23.0 Å². The highest BCUT2D eigenvalue weighted by atomic mass is 32.1. The van der Waals surface area contributed by atoms with Gasteiger partial charge in [0.05, 0.1) is 18.8 Å². The molecule has 1 fully saturated rings. The average molecular weight is 369 g/mol. The minimum Gasteiger partial charge on any atom is -0.493 e. The topological polar surface area (TPSA) is 33.7 Å². The molecular formula is C21H24N2O2S. The second kappa shape index (κ2) is 5.88. The quantitative estimate of drug-likeness (QED) is 0.790. The number of para-hydroxylation sites is 2. The molecule has 1 saturated heterocycles.